The van der Waals surface area contributed by atoms with Crippen molar-refractivity contribution in [1.29, 1.82) is 0 Å². The first-order valence-corrected chi connectivity index (χ1v) is 10.0. The average molecular weight is 426 g/mol. The molecule has 0 unspecified atom stereocenters. The Morgan fingerprint density at radius 1 is 0.968 bits per heavy atom. The van der Waals surface area contributed by atoms with Gasteiger partial charge in [-0.3, -0.25) is 0 Å². The summed E-state index contributed by atoms with van der Waals surface area (Å²) in [6.07, 6.45) is 1.21. The molecular weight excluding hydrogens is 400 g/mol. The van der Waals surface area contributed by atoms with Gasteiger partial charge in [-0.2, -0.15) is 0 Å². The Kier molecular flexibility index (Phi) is 6.06. The van der Waals surface area contributed by atoms with Gasteiger partial charge in [0.25, 0.3) is 0 Å². The van der Waals surface area contributed by atoms with Crippen molar-refractivity contribution in [3.8, 4) is 5.75 Å². The van der Waals surface area contributed by atoms with Crippen molar-refractivity contribution in [3.63, 3.8) is 0 Å². The number of hydrogen-bond donors (Lipinski definition) is 0. The molecule has 0 radical (unpaired) electrons. The highest BCUT2D eigenvalue weighted by molar-refractivity contribution is 5.90. The molecular formula is C24H26O7. The summed E-state index contributed by atoms with van der Waals surface area (Å²) in [5.74, 6) is -0.744. The third-order valence-electron chi connectivity index (χ3n) is 5.38. The molecule has 0 bridgehead atoms. The van der Waals surface area contributed by atoms with Crippen LogP contribution in [0.4, 0.5) is 0 Å². The minimum absolute atomic E-state index is 0.222. The standard InChI is InChI=1S/C24H26O7/c1-7-13(3)22(26)29-20-18-16(11-9-15-10-12-17(25)28-19(15)18)31-24(5,6)21(20)30-23(27)14(4)8-2/h7-12,20-21H,1-6H3/b13-7+,14-8+/t20-,21-/m1/s1. The quantitative estimate of drug-likeness (QED) is 0.407. The van der Waals surface area contributed by atoms with E-state index in [0.29, 0.717) is 27.8 Å². The van der Waals surface area contributed by atoms with E-state index in [2.05, 4.69) is 0 Å². The van der Waals surface area contributed by atoms with Gasteiger partial charge in [-0.1, -0.05) is 12.2 Å². The number of benzene rings is 1. The number of ether oxygens (including phenoxy) is 3. The molecule has 2 aromatic rings. The Balaban J connectivity index is 2.23. The maximum absolute atomic E-state index is 12.7. The van der Waals surface area contributed by atoms with Crippen molar-refractivity contribution in [3.05, 3.63) is 63.5 Å². The highest BCUT2D eigenvalue weighted by Gasteiger charge is 2.50. The van der Waals surface area contributed by atoms with Gasteiger partial charge in [0.15, 0.2) is 12.2 Å². The monoisotopic (exact) mass is 426 g/mol. The molecule has 0 N–H and O–H groups in total. The fraction of sp³-hybridized carbons (Fsp3) is 0.375. The predicted molar refractivity (Wildman–Crippen MR) is 115 cm³/mol. The maximum Gasteiger partial charge on any atom is 0.336 e. The van der Waals surface area contributed by atoms with Crippen molar-refractivity contribution in [2.24, 2.45) is 0 Å². The molecule has 0 saturated heterocycles. The number of hydrogen-bond acceptors (Lipinski definition) is 7. The van der Waals surface area contributed by atoms with E-state index in [-0.39, 0.29) is 5.58 Å². The topological polar surface area (TPSA) is 92.0 Å². The zero-order valence-electron chi connectivity index (χ0n) is 18.5. The van der Waals surface area contributed by atoms with Crippen LogP contribution < -0.4 is 10.4 Å². The number of esters is 2. The summed E-state index contributed by atoms with van der Waals surface area (Å²) in [5, 5.41) is 0.625. The maximum atomic E-state index is 12.7. The zero-order chi connectivity index (χ0) is 22.9. The van der Waals surface area contributed by atoms with Gasteiger partial charge in [-0.25, -0.2) is 14.4 Å². The van der Waals surface area contributed by atoms with E-state index >= 15 is 0 Å². The molecule has 1 aromatic heterocycles. The molecule has 1 aliphatic heterocycles. The van der Waals surface area contributed by atoms with E-state index < -0.39 is 35.4 Å². The lowest BCUT2D eigenvalue weighted by atomic mass is 9.87. The Labute approximate surface area is 180 Å². The summed E-state index contributed by atoms with van der Waals surface area (Å²) in [6, 6.07) is 6.39. The van der Waals surface area contributed by atoms with E-state index in [4.69, 9.17) is 18.6 Å². The van der Waals surface area contributed by atoms with Crippen LogP contribution in [-0.4, -0.2) is 23.6 Å². The molecule has 1 aliphatic rings. The van der Waals surface area contributed by atoms with Crippen LogP contribution >= 0.6 is 0 Å². The van der Waals surface area contributed by atoms with Crippen LogP contribution in [0, 0.1) is 0 Å². The summed E-state index contributed by atoms with van der Waals surface area (Å²) < 4.78 is 23.2. The van der Waals surface area contributed by atoms with Crippen LogP contribution in [0.5, 0.6) is 5.75 Å². The summed E-state index contributed by atoms with van der Waals surface area (Å²) in [7, 11) is 0. The first-order chi connectivity index (χ1) is 14.6. The highest BCUT2D eigenvalue weighted by atomic mass is 16.6. The van der Waals surface area contributed by atoms with Crippen molar-refractivity contribution < 1.29 is 28.2 Å². The molecule has 164 valence electrons. The van der Waals surface area contributed by atoms with E-state index in [0.717, 1.165) is 0 Å². The van der Waals surface area contributed by atoms with Crippen molar-refractivity contribution in [2.75, 3.05) is 0 Å². The van der Waals surface area contributed by atoms with E-state index in [9.17, 15) is 14.4 Å². The fourth-order valence-electron chi connectivity index (χ4n) is 3.33. The minimum Gasteiger partial charge on any atom is -0.483 e. The summed E-state index contributed by atoms with van der Waals surface area (Å²) in [6.45, 7) is 10.2. The molecule has 0 fully saturated rings. The summed E-state index contributed by atoms with van der Waals surface area (Å²) in [5.41, 5.74) is -0.224. The van der Waals surface area contributed by atoms with E-state index in [1.54, 1.807) is 71.9 Å². The van der Waals surface area contributed by atoms with E-state index in [1.165, 1.54) is 6.07 Å². The van der Waals surface area contributed by atoms with Gasteiger partial charge in [-0.05, 0) is 59.7 Å². The molecule has 31 heavy (non-hydrogen) atoms. The fourth-order valence-corrected chi connectivity index (χ4v) is 3.33. The molecule has 7 nitrogen and oxygen atoms in total. The SMILES string of the molecule is C/C=C(\C)C(=O)O[C@@H]1c2c(ccc3ccc(=O)oc23)OC(C)(C)[C@@H]1OC(=O)/C(C)=C/C. The third-order valence-corrected chi connectivity index (χ3v) is 5.38. The van der Waals surface area contributed by atoms with Gasteiger partial charge in [0, 0.05) is 22.6 Å². The van der Waals surface area contributed by atoms with Gasteiger partial charge >= 0.3 is 17.6 Å². The van der Waals surface area contributed by atoms with Crippen molar-refractivity contribution in [2.45, 2.75) is 59.4 Å². The van der Waals surface area contributed by atoms with Crippen LogP contribution in [0.2, 0.25) is 0 Å². The van der Waals surface area contributed by atoms with Crippen molar-refractivity contribution >= 4 is 22.9 Å². The van der Waals surface area contributed by atoms with Crippen LogP contribution in [-0.2, 0) is 19.1 Å². The minimum atomic E-state index is -1.05. The summed E-state index contributed by atoms with van der Waals surface area (Å²) in [4.78, 5) is 37.3. The molecule has 0 spiro atoms. The van der Waals surface area contributed by atoms with Crippen LogP contribution in [0.25, 0.3) is 11.0 Å². The second-order valence-corrected chi connectivity index (χ2v) is 7.95. The van der Waals surface area contributed by atoms with Gasteiger partial charge in [-0.15, -0.1) is 0 Å². The lowest BCUT2D eigenvalue weighted by molar-refractivity contribution is -0.185. The molecule has 3 rings (SSSR count). The smallest absolute Gasteiger partial charge is 0.336 e. The van der Waals surface area contributed by atoms with Crippen LogP contribution in [0.3, 0.4) is 0 Å². The molecule has 0 aliphatic carbocycles. The van der Waals surface area contributed by atoms with Gasteiger partial charge in [0.1, 0.15) is 16.9 Å². The molecule has 7 heteroatoms. The second-order valence-electron chi connectivity index (χ2n) is 7.95. The first kappa shape index (κ1) is 22.3. The number of allylic oxidation sites excluding steroid dienone is 2. The van der Waals surface area contributed by atoms with E-state index in [1.807, 2.05) is 0 Å². The largest absolute Gasteiger partial charge is 0.483 e. The molecule has 2 atom stereocenters. The number of fused-ring (bicyclic) bond motifs is 3. The van der Waals surface area contributed by atoms with Gasteiger partial charge in [0.2, 0.25) is 0 Å². The Hall–Kier alpha value is -3.35. The molecule has 2 heterocycles. The molecule has 0 amide bonds. The molecule has 0 saturated carbocycles. The number of carbonyl (C=O) groups is 2. The van der Waals surface area contributed by atoms with Gasteiger partial charge in [0.05, 0.1) is 5.56 Å². The predicted octanol–water partition coefficient (Wildman–Crippen LogP) is 4.39. The lowest BCUT2D eigenvalue weighted by Gasteiger charge is -2.43. The van der Waals surface area contributed by atoms with Crippen LogP contribution in [0.1, 0.15) is 53.2 Å². The van der Waals surface area contributed by atoms with Crippen molar-refractivity contribution in [1.82, 2.24) is 0 Å². The molecule has 1 aromatic carbocycles. The first-order valence-electron chi connectivity index (χ1n) is 10.0. The normalized spacial score (nSPS) is 20.6. The van der Waals surface area contributed by atoms with Gasteiger partial charge < -0.3 is 18.6 Å². The number of carbonyl (C=O) groups excluding carboxylic acids is 2. The Bertz CT molecular complexity index is 1150. The number of rotatable bonds is 4. The lowest BCUT2D eigenvalue weighted by Crippen LogP contribution is -2.52. The average Bonchev–Trinajstić information content (AvgIpc) is 2.73. The summed E-state index contributed by atoms with van der Waals surface area (Å²) >= 11 is 0. The Morgan fingerprint density at radius 2 is 1.55 bits per heavy atom. The second kappa shape index (κ2) is 8.41. The highest BCUT2D eigenvalue weighted by Crippen LogP contribution is 2.46. The zero-order valence-corrected chi connectivity index (χ0v) is 18.5. The third kappa shape index (κ3) is 4.26. The van der Waals surface area contributed by atoms with Crippen LogP contribution in [0.15, 0.2) is 56.8 Å². The Morgan fingerprint density at radius 3 is 2.16 bits per heavy atom.